The first-order valence-electron chi connectivity index (χ1n) is 5.63. The SMILES string of the molecule is Nc1ccc(F)c(C(=O)OCc2ccc(F)cc2Cl)c1. The Morgan fingerprint density at radius 3 is 2.65 bits per heavy atom. The lowest BCUT2D eigenvalue weighted by Gasteiger charge is -2.08. The smallest absolute Gasteiger partial charge is 0.341 e. The second kappa shape index (κ2) is 5.88. The maximum atomic E-state index is 13.4. The molecule has 2 N–H and O–H groups in total. The van der Waals surface area contributed by atoms with Gasteiger partial charge >= 0.3 is 5.97 Å². The number of hydrogen-bond donors (Lipinski definition) is 1. The van der Waals surface area contributed by atoms with Gasteiger partial charge in [-0.3, -0.25) is 0 Å². The van der Waals surface area contributed by atoms with Gasteiger partial charge in [-0.15, -0.1) is 0 Å². The van der Waals surface area contributed by atoms with E-state index in [1.165, 1.54) is 24.3 Å². The van der Waals surface area contributed by atoms with Gasteiger partial charge in [0.2, 0.25) is 0 Å². The van der Waals surface area contributed by atoms with Gasteiger partial charge < -0.3 is 10.5 Å². The van der Waals surface area contributed by atoms with Crippen molar-refractivity contribution in [1.82, 2.24) is 0 Å². The van der Waals surface area contributed by atoms with Gasteiger partial charge in [0.1, 0.15) is 18.2 Å². The molecule has 3 nitrogen and oxygen atoms in total. The van der Waals surface area contributed by atoms with Gasteiger partial charge in [-0.2, -0.15) is 0 Å². The molecule has 0 unspecified atom stereocenters. The third-order valence-electron chi connectivity index (χ3n) is 2.58. The number of rotatable bonds is 3. The summed E-state index contributed by atoms with van der Waals surface area (Å²) in [5.41, 5.74) is 5.89. The van der Waals surface area contributed by atoms with Crippen LogP contribution in [0.25, 0.3) is 0 Å². The molecule has 0 atom stereocenters. The van der Waals surface area contributed by atoms with Crippen LogP contribution in [0.3, 0.4) is 0 Å². The van der Waals surface area contributed by atoms with Gasteiger partial charge in [0.05, 0.1) is 10.6 Å². The molecule has 2 aromatic rings. The van der Waals surface area contributed by atoms with E-state index in [-0.39, 0.29) is 22.9 Å². The lowest BCUT2D eigenvalue weighted by atomic mass is 10.2. The Morgan fingerprint density at radius 2 is 1.95 bits per heavy atom. The fraction of sp³-hybridized carbons (Fsp3) is 0.0714. The standard InChI is InChI=1S/C14H10ClF2NO2/c15-12-5-9(16)2-1-8(12)7-20-14(19)11-6-10(18)3-4-13(11)17/h1-6H,7,18H2. The van der Waals surface area contributed by atoms with E-state index in [4.69, 9.17) is 22.1 Å². The molecule has 0 aliphatic carbocycles. The van der Waals surface area contributed by atoms with Crippen LogP contribution in [-0.4, -0.2) is 5.97 Å². The number of nitrogens with two attached hydrogens (primary N) is 1. The molecule has 0 aliphatic heterocycles. The van der Waals surface area contributed by atoms with Crippen LogP contribution in [0.4, 0.5) is 14.5 Å². The van der Waals surface area contributed by atoms with Gasteiger partial charge in [0.15, 0.2) is 0 Å². The number of ether oxygens (including phenoxy) is 1. The van der Waals surface area contributed by atoms with E-state index < -0.39 is 17.6 Å². The monoisotopic (exact) mass is 297 g/mol. The fourth-order valence-corrected chi connectivity index (χ4v) is 1.78. The Morgan fingerprint density at radius 1 is 1.20 bits per heavy atom. The molecule has 6 heteroatoms. The topological polar surface area (TPSA) is 52.3 Å². The summed E-state index contributed by atoms with van der Waals surface area (Å²) in [4.78, 5) is 11.7. The molecule has 0 aromatic heterocycles. The Hall–Kier alpha value is -2.14. The number of carbonyl (C=O) groups excluding carboxylic acids is 1. The summed E-state index contributed by atoms with van der Waals surface area (Å²) in [7, 11) is 0. The van der Waals surface area contributed by atoms with Crippen LogP contribution < -0.4 is 5.73 Å². The van der Waals surface area contributed by atoms with E-state index in [0.717, 1.165) is 12.1 Å². The Kier molecular flexibility index (Phi) is 4.20. The van der Waals surface area contributed by atoms with Crippen molar-refractivity contribution in [1.29, 1.82) is 0 Å². The minimum atomic E-state index is -0.866. The van der Waals surface area contributed by atoms with Crippen molar-refractivity contribution in [3.8, 4) is 0 Å². The van der Waals surface area contributed by atoms with E-state index >= 15 is 0 Å². The lowest BCUT2D eigenvalue weighted by molar-refractivity contribution is 0.0467. The van der Waals surface area contributed by atoms with Crippen molar-refractivity contribution in [2.45, 2.75) is 6.61 Å². The van der Waals surface area contributed by atoms with Crippen molar-refractivity contribution in [3.05, 3.63) is 64.2 Å². The molecule has 2 rings (SSSR count). The number of benzene rings is 2. The van der Waals surface area contributed by atoms with Gasteiger partial charge in [-0.1, -0.05) is 17.7 Å². The normalized spacial score (nSPS) is 10.3. The van der Waals surface area contributed by atoms with Crippen LogP contribution in [0.1, 0.15) is 15.9 Å². The molecule has 0 radical (unpaired) electrons. The lowest BCUT2D eigenvalue weighted by Crippen LogP contribution is -2.08. The number of halogens is 3. The van der Waals surface area contributed by atoms with E-state index in [9.17, 15) is 13.6 Å². The van der Waals surface area contributed by atoms with Crippen molar-refractivity contribution >= 4 is 23.3 Å². The quantitative estimate of drug-likeness (QED) is 0.696. The van der Waals surface area contributed by atoms with Gasteiger partial charge in [0, 0.05) is 11.3 Å². The highest BCUT2D eigenvalue weighted by Gasteiger charge is 2.14. The largest absolute Gasteiger partial charge is 0.457 e. The average molecular weight is 298 g/mol. The summed E-state index contributed by atoms with van der Waals surface area (Å²) in [5.74, 6) is -2.09. The molecule has 20 heavy (non-hydrogen) atoms. The molecule has 0 amide bonds. The second-order valence-corrected chi connectivity index (χ2v) is 4.46. The molecule has 0 bridgehead atoms. The highest BCUT2D eigenvalue weighted by atomic mass is 35.5. The van der Waals surface area contributed by atoms with Crippen LogP contribution in [0.15, 0.2) is 36.4 Å². The van der Waals surface area contributed by atoms with E-state index in [0.29, 0.717) is 5.56 Å². The number of carbonyl (C=O) groups is 1. The summed E-state index contributed by atoms with van der Waals surface area (Å²) >= 11 is 5.79. The molecule has 2 aromatic carbocycles. The highest BCUT2D eigenvalue weighted by molar-refractivity contribution is 6.31. The van der Waals surface area contributed by atoms with Crippen LogP contribution in [-0.2, 0) is 11.3 Å². The zero-order valence-corrected chi connectivity index (χ0v) is 11.0. The Balaban J connectivity index is 2.10. The number of hydrogen-bond acceptors (Lipinski definition) is 3. The molecule has 0 fully saturated rings. The maximum Gasteiger partial charge on any atom is 0.341 e. The summed E-state index contributed by atoms with van der Waals surface area (Å²) in [5, 5.41) is 0.130. The van der Waals surface area contributed by atoms with Crippen molar-refractivity contribution in [2.24, 2.45) is 0 Å². The second-order valence-electron chi connectivity index (χ2n) is 4.05. The summed E-state index contributed by atoms with van der Waals surface area (Å²) in [6.45, 7) is -0.188. The molecule has 104 valence electrons. The summed E-state index contributed by atoms with van der Waals surface area (Å²) in [6, 6.07) is 7.28. The van der Waals surface area contributed by atoms with Crippen LogP contribution in [0.5, 0.6) is 0 Å². The van der Waals surface area contributed by atoms with E-state index in [1.54, 1.807) is 0 Å². The third-order valence-corrected chi connectivity index (χ3v) is 2.94. The summed E-state index contributed by atoms with van der Waals surface area (Å²) < 4.78 is 31.2. The van der Waals surface area contributed by atoms with Crippen molar-refractivity contribution < 1.29 is 18.3 Å². The van der Waals surface area contributed by atoms with Crippen LogP contribution in [0, 0.1) is 11.6 Å². The van der Waals surface area contributed by atoms with Crippen LogP contribution >= 0.6 is 11.6 Å². The molecule has 0 saturated heterocycles. The fourth-order valence-electron chi connectivity index (χ4n) is 1.56. The predicted octanol–water partition coefficient (Wildman–Crippen LogP) is 3.56. The number of anilines is 1. The van der Waals surface area contributed by atoms with Gasteiger partial charge in [-0.25, -0.2) is 13.6 Å². The third kappa shape index (κ3) is 3.24. The zero-order chi connectivity index (χ0) is 14.7. The first kappa shape index (κ1) is 14.3. The molecular formula is C14H10ClF2NO2. The molecule has 0 spiro atoms. The summed E-state index contributed by atoms with van der Waals surface area (Å²) in [6.07, 6.45) is 0. The number of esters is 1. The van der Waals surface area contributed by atoms with Gasteiger partial charge in [-0.05, 0) is 30.3 Å². The zero-order valence-electron chi connectivity index (χ0n) is 10.2. The predicted molar refractivity (Wildman–Crippen MR) is 71.3 cm³/mol. The van der Waals surface area contributed by atoms with Gasteiger partial charge in [0.25, 0.3) is 0 Å². The average Bonchev–Trinajstić information content (AvgIpc) is 2.40. The number of nitrogen functional groups attached to an aromatic ring is 1. The molecule has 0 aliphatic rings. The minimum absolute atomic E-state index is 0.130. The maximum absolute atomic E-state index is 13.4. The highest BCUT2D eigenvalue weighted by Crippen LogP contribution is 2.19. The Labute approximate surface area is 118 Å². The van der Waals surface area contributed by atoms with Crippen molar-refractivity contribution in [2.75, 3.05) is 5.73 Å². The molecular weight excluding hydrogens is 288 g/mol. The Bertz CT molecular complexity index is 662. The minimum Gasteiger partial charge on any atom is -0.457 e. The first-order valence-corrected chi connectivity index (χ1v) is 6.01. The molecule has 0 heterocycles. The molecule has 0 saturated carbocycles. The van der Waals surface area contributed by atoms with Crippen LogP contribution in [0.2, 0.25) is 5.02 Å². The van der Waals surface area contributed by atoms with E-state index in [2.05, 4.69) is 0 Å². The van der Waals surface area contributed by atoms with E-state index in [1.807, 2.05) is 0 Å². The first-order chi connectivity index (χ1) is 9.47. The van der Waals surface area contributed by atoms with Crippen molar-refractivity contribution in [3.63, 3.8) is 0 Å².